The third-order valence-electron chi connectivity index (χ3n) is 10.5. The average molecular weight is 345 g/mol. The largest absolute Gasteiger partial charge is 0.0625 e. The minimum atomic E-state index is 0.674. The Labute approximate surface area is 157 Å². The van der Waals surface area contributed by atoms with E-state index in [0.717, 1.165) is 47.3 Å². The van der Waals surface area contributed by atoms with Crippen molar-refractivity contribution in [3.63, 3.8) is 0 Å². The van der Waals surface area contributed by atoms with Gasteiger partial charge in [0.25, 0.3) is 0 Å². The van der Waals surface area contributed by atoms with Gasteiger partial charge in [0.1, 0.15) is 0 Å². The zero-order valence-corrected chi connectivity index (χ0v) is 18.0. The van der Waals surface area contributed by atoms with E-state index < -0.39 is 0 Å². The zero-order chi connectivity index (χ0) is 18.0. The van der Waals surface area contributed by atoms with Crippen molar-refractivity contribution >= 4 is 0 Å². The minimum absolute atomic E-state index is 0.674. The third-order valence-corrected chi connectivity index (χ3v) is 10.5. The predicted molar refractivity (Wildman–Crippen MR) is 108 cm³/mol. The molecule has 25 heavy (non-hydrogen) atoms. The van der Waals surface area contributed by atoms with E-state index in [-0.39, 0.29) is 0 Å². The van der Waals surface area contributed by atoms with E-state index in [2.05, 4.69) is 41.5 Å². The summed E-state index contributed by atoms with van der Waals surface area (Å²) in [5.74, 6) is 8.03. The highest BCUT2D eigenvalue weighted by Crippen LogP contribution is 2.68. The monoisotopic (exact) mass is 344 g/mol. The molecular weight excluding hydrogens is 300 g/mol. The highest BCUT2D eigenvalue weighted by Gasteiger charge is 2.60. The van der Waals surface area contributed by atoms with Crippen LogP contribution in [0, 0.1) is 58.2 Å². The zero-order valence-electron chi connectivity index (χ0n) is 18.0. The maximum atomic E-state index is 2.74. The van der Waals surface area contributed by atoms with Crippen LogP contribution in [0.15, 0.2) is 0 Å². The minimum Gasteiger partial charge on any atom is -0.0625 e. The van der Waals surface area contributed by atoms with Gasteiger partial charge in [0, 0.05) is 0 Å². The van der Waals surface area contributed by atoms with Gasteiger partial charge >= 0.3 is 0 Å². The molecule has 4 saturated carbocycles. The predicted octanol–water partition coefficient (Wildman–Crippen LogP) is 7.57. The van der Waals surface area contributed by atoms with E-state index >= 15 is 0 Å². The van der Waals surface area contributed by atoms with E-state index in [1.54, 1.807) is 38.5 Å². The fraction of sp³-hybridized carbons (Fsp3) is 1.00. The highest BCUT2D eigenvalue weighted by atomic mass is 14.6. The molecule has 0 bridgehead atoms. The maximum Gasteiger partial charge on any atom is -0.0264 e. The Hall–Kier alpha value is 0. The lowest BCUT2D eigenvalue weighted by molar-refractivity contribution is -0.123. The third kappa shape index (κ3) is 2.67. The van der Waals surface area contributed by atoms with Gasteiger partial charge in [-0.3, -0.25) is 0 Å². The molecule has 0 N–H and O–H groups in total. The summed E-state index contributed by atoms with van der Waals surface area (Å²) in [6, 6.07) is 0. The lowest BCUT2D eigenvalue weighted by Gasteiger charge is -2.61. The second-order valence-corrected chi connectivity index (χ2v) is 11.9. The van der Waals surface area contributed by atoms with Crippen LogP contribution in [-0.2, 0) is 0 Å². The van der Waals surface area contributed by atoms with Crippen LogP contribution in [-0.4, -0.2) is 0 Å². The average Bonchev–Trinajstić information content (AvgIpc) is 2.91. The Bertz CT molecular complexity index is 490. The molecule has 0 amide bonds. The highest BCUT2D eigenvalue weighted by molar-refractivity contribution is 5.09. The number of hydrogen-bond donors (Lipinski definition) is 0. The Morgan fingerprint density at radius 2 is 1.36 bits per heavy atom. The Kier molecular flexibility index (Phi) is 4.61. The number of fused-ring (bicyclic) bond motifs is 5. The summed E-state index contributed by atoms with van der Waals surface area (Å²) in [6.07, 6.45) is 13.9. The molecule has 0 heterocycles. The van der Waals surface area contributed by atoms with Crippen LogP contribution in [0.5, 0.6) is 0 Å². The lowest BCUT2D eigenvalue weighted by atomic mass is 9.43. The second kappa shape index (κ2) is 6.27. The molecule has 4 aliphatic rings. The molecule has 0 aromatic heterocycles. The van der Waals surface area contributed by atoms with E-state index in [1.807, 2.05) is 0 Å². The summed E-state index contributed by atoms with van der Waals surface area (Å²) in [5, 5.41) is 0. The van der Waals surface area contributed by atoms with Crippen molar-refractivity contribution in [1.29, 1.82) is 0 Å². The topological polar surface area (TPSA) is 0 Å². The molecule has 4 aliphatic carbocycles. The SMILES string of the molecule is CC(C)C1CCC2(C)C(CCC3C2CCC2(C)C(C(C)C)CCC32)C1. The molecular formula is C25H44. The molecule has 4 rings (SSSR count). The Balaban J connectivity index is 1.56. The molecule has 0 radical (unpaired) electrons. The van der Waals surface area contributed by atoms with Crippen molar-refractivity contribution < 1.29 is 0 Å². The number of rotatable bonds is 2. The van der Waals surface area contributed by atoms with Crippen molar-refractivity contribution in [2.75, 3.05) is 0 Å². The molecule has 8 atom stereocenters. The normalized spacial score (nSPS) is 52.8. The Morgan fingerprint density at radius 3 is 2.04 bits per heavy atom. The quantitative estimate of drug-likeness (QED) is 0.484. The van der Waals surface area contributed by atoms with Gasteiger partial charge in [-0.1, -0.05) is 41.5 Å². The van der Waals surface area contributed by atoms with Crippen LogP contribution < -0.4 is 0 Å². The molecule has 0 nitrogen and oxygen atoms in total. The van der Waals surface area contributed by atoms with E-state index in [0.29, 0.717) is 10.8 Å². The van der Waals surface area contributed by atoms with E-state index in [9.17, 15) is 0 Å². The smallest absolute Gasteiger partial charge is 0.0264 e. The summed E-state index contributed by atoms with van der Waals surface area (Å²) < 4.78 is 0. The first kappa shape index (κ1) is 18.4. The molecule has 0 spiro atoms. The van der Waals surface area contributed by atoms with Crippen molar-refractivity contribution in [2.24, 2.45) is 58.2 Å². The Morgan fingerprint density at radius 1 is 0.680 bits per heavy atom. The molecule has 0 aromatic rings. The molecule has 4 fully saturated rings. The molecule has 0 aliphatic heterocycles. The van der Waals surface area contributed by atoms with Gasteiger partial charge in [-0.25, -0.2) is 0 Å². The van der Waals surface area contributed by atoms with Gasteiger partial charge in [-0.2, -0.15) is 0 Å². The summed E-state index contributed by atoms with van der Waals surface area (Å²) in [7, 11) is 0. The first-order chi connectivity index (χ1) is 11.8. The fourth-order valence-corrected chi connectivity index (χ4v) is 9.03. The van der Waals surface area contributed by atoms with E-state index in [1.165, 1.54) is 19.3 Å². The van der Waals surface area contributed by atoms with Crippen molar-refractivity contribution in [2.45, 2.75) is 99.3 Å². The summed E-state index contributed by atoms with van der Waals surface area (Å²) >= 11 is 0. The second-order valence-electron chi connectivity index (χ2n) is 11.9. The van der Waals surface area contributed by atoms with Crippen LogP contribution in [0.25, 0.3) is 0 Å². The molecule has 8 unspecified atom stereocenters. The van der Waals surface area contributed by atoms with Crippen LogP contribution in [0.3, 0.4) is 0 Å². The van der Waals surface area contributed by atoms with Crippen molar-refractivity contribution in [3.05, 3.63) is 0 Å². The first-order valence-corrected chi connectivity index (χ1v) is 11.8. The molecule has 0 heteroatoms. The molecule has 0 aromatic carbocycles. The standard InChI is InChI=1S/C25H44/c1-16(2)18-11-13-24(5)19(15-18)7-8-20-22-10-9-21(17(3)4)25(22,6)14-12-23(20)24/h16-23H,7-15H2,1-6H3. The van der Waals surface area contributed by atoms with Gasteiger partial charge in [-0.05, 0) is 116 Å². The van der Waals surface area contributed by atoms with Gasteiger partial charge in [0.2, 0.25) is 0 Å². The fourth-order valence-electron chi connectivity index (χ4n) is 9.03. The summed E-state index contributed by atoms with van der Waals surface area (Å²) in [5.41, 5.74) is 1.36. The van der Waals surface area contributed by atoms with Crippen LogP contribution >= 0.6 is 0 Å². The van der Waals surface area contributed by atoms with Crippen LogP contribution in [0.4, 0.5) is 0 Å². The van der Waals surface area contributed by atoms with Gasteiger partial charge < -0.3 is 0 Å². The molecule has 0 saturated heterocycles. The van der Waals surface area contributed by atoms with E-state index in [4.69, 9.17) is 0 Å². The van der Waals surface area contributed by atoms with Crippen molar-refractivity contribution in [3.8, 4) is 0 Å². The summed E-state index contributed by atoms with van der Waals surface area (Å²) in [4.78, 5) is 0. The first-order valence-electron chi connectivity index (χ1n) is 11.8. The van der Waals surface area contributed by atoms with Gasteiger partial charge in [0.05, 0.1) is 0 Å². The van der Waals surface area contributed by atoms with Gasteiger partial charge in [0.15, 0.2) is 0 Å². The van der Waals surface area contributed by atoms with Crippen LogP contribution in [0.2, 0.25) is 0 Å². The summed E-state index contributed by atoms with van der Waals surface area (Å²) in [6.45, 7) is 15.4. The van der Waals surface area contributed by atoms with Crippen LogP contribution in [0.1, 0.15) is 99.3 Å². The maximum absolute atomic E-state index is 2.74. The number of hydrogen-bond acceptors (Lipinski definition) is 0. The molecule has 144 valence electrons. The lowest BCUT2D eigenvalue weighted by Crippen LogP contribution is -2.53. The van der Waals surface area contributed by atoms with Crippen molar-refractivity contribution in [1.82, 2.24) is 0 Å². The van der Waals surface area contributed by atoms with Gasteiger partial charge in [-0.15, -0.1) is 0 Å².